The predicted molar refractivity (Wildman–Crippen MR) is 89.3 cm³/mol. The monoisotopic (exact) mass is 326 g/mol. The number of hydrogen-bond donors (Lipinski definition) is 2. The van der Waals surface area contributed by atoms with Gasteiger partial charge in [-0.1, -0.05) is 29.3 Å². The van der Waals surface area contributed by atoms with Gasteiger partial charge in [0.15, 0.2) is 5.11 Å². The number of ether oxygens (including phenoxy) is 1. The fraction of sp³-hybridized carbons (Fsp3) is 0.0714. The number of nitrogens with one attached hydrogen (secondary N) is 2. The summed E-state index contributed by atoms with van der Waals surface area (Å²) < 4.78 is 5.15. The summed E-state index contributed by atoms with van der Waals surface area (Å²) in [5.74, 6) is 0.753. The van der Waals surface area contributed by atoms with Gasteiger partial charge in [-0.15, -0.1) is 0 Å². The van der Waals surface area contributed by atoms with Crippen molar-refractivity contribution in [3.05, 3.63) is 52.5 Å². The first-order valence-corrected chi connectivity index (χ1v) is 6.91. The molecule has 0 aliphatic rings. The Labute approximate surface area is 132 Å². The fourth-order valence-corrected chi connectivity index (χ4v) is 2.38. The van der Waals surface area contributed by atoms with Gasteiger partial charge in [0.2, 0.25) is 0 Å². The van der Waals surface area contributed by atoms with E-state index >= 15 is 0 Å². The third-order valence-corrected chi connectivity index (χ3v) is 3.09. The van der Waals surface area contributed by atoms with Gasteiger partial charge in [-0.3, -0.25) is 0 Å². The first-order chi connectivity index (χ1) is 9.56. The average Bonchev–Trinajstić information content (AvgIpc) is 2.37. The third kappa shape index (κ3) is 4.27. The standard InChI is InChI=1S/C14H12Cl2N2OS/c1-19-13-4-2-3-11(8-13)17-14(20)18-12-6-9(15)5-10(16)7-12/h2-8H,1H3,(H2,17,18,20). The molecule has 3 nitrogen and oxygen atoms in total. The van der Waals surface area contributed by atoms with E-state index in [0.29, 0.717) is 15.2 Å². The number of methoxy groups -OCH3 is 1. The number of rotatable bonds is 3. The highest BCUT2D eigenvalue weighted by Gasteiger charge is 2.02. The number of anilines is 2. The predicted octanol–water partition coefficient (Wildman–Crippen LogP) is 4.81. The summed E-state index contributed by atoms with van der Waals surface area (Å²) in [7, 11) is 1.61. The van der Waals surface area contributed by atoms with Crippen LogP contribution < -0.4 is 15.4 Å². The van der Waals surface area contributed by atoms with Gasteiger partial charge in [0.1, 0.15) is 5.75 Å². The summed E-state index contributed by atoms with van der Waals surface area (Å²) in [4.78, 5) is 0. The highest BCUT2D eigenvalue weighted by molar-refractivity contribution is 7.80. The molecule has 0 unspecified atom stereocenters. The van der Waals surface area contributed by atoms with Crippen LogP contribution in [0.4, 0.5) is 11.4 Å². The molecule has 0 atom stereocenters. The van der Waals surface area contributed by atoms with Crippen LogP contribution in [-0.4, -0.2) is 12.2 Å². The molecule has 0 spiro atoms. The van der Waals surface area contributed by atoms with Crippen LogP contribution in [0.2, 0.25) is 10.0 Å². The van der Waals surface area contributed by atoms with Crippen molar-refractivity contribution in [1.82, 2.24) is 0 Å². The van der Waals surface area contributed by atoms with Crippen molar-refractivity contribution < 1.29 is 4.74 Å². The minimum atomic E-state index is 0.441. The molecule has 0 radical (unpaired) electrons. The van der Waals surface area contributed by atoms with Crippen molar-refractivity contribution in [3.63, 3.8) is 0 Å². The molecule has 2 aromatic carbocycles. The Morgan fingerprint density at radius 3 is 2.30 bits per heavy atom. The lowest BCUT2D eigenvalue weighted by atomic mass is 10.3. The average molecular weight is 327 g/mol. The van der Waals surface area contributed by atoms with E-state index in [9.17, 15) is 0 Å². The number of thiocarbonyl (C=S) groups is 1. The molecule has 6 heteroatoms. The van der Waals surface area contributed by atoms with Gasteiger partial charge in [0, 0.05) is 27.5 Å². The Hall–Kier alpha value is -1.49. The third-order valence-electron chi connectivity index (χ3n) is 2.45. The van der Waals surface area contributed by atoms with Gasteiger partial charge in [0.25, 0.3) is 0 Å². The normalized spacial score (nSPS) is 9.95. The summed E-state index contributed by atoms with van der Waals surface area (Å²) in [6.07, 6.45) is 0. The van der Waals surface area contributed by atoms with Gasteiger partial charge >= 0.3 is 0 Å². The second-order valence-electron chi connectivity index (χ2n) is 3.97. The van der Waals surface area contributed by atoms with Crippen LogP contribution in [0.3, 0.4) is 0 Å². The minimum Gasteiger partial charge on any atom is -0.497 e. The maximum absolute atomic E-state index is 5.93. The van der Waals surface area contributed by atoms with E-state index in [1.807, 2.05) is 24.3 Å². The van der Waals surface area contributed by atoms with Gasteiger partial charge in [-0.25, -0.2) is 0 Å². The van der Waals surface area contributed by atoms with Gasteiger partial charge in [-0.05, 0) is 42.5 Å². The lowest BCUT2D eigenvalue weighted by molar-refractivity contribution is 0.415. The van der Waals surface area contributed by atoms with Crippen LogP contribution in [0.5, 0.6) is 5.75 Å². The second kappa shape index (κ2) is 6.79. The SMILES string of the molecule is COc1cccc(NC(=S)Nc2cc(Cl)cc(Cl)c2)c1. The summed E-state index contributed by atoms with van der Waals surface area (Å²) >= 11 is 17.1. The molecule has 0 saturated carbocycles. The number of benzene rings is 2. The van der Waals surface area contributed by atoms with Gasteiger partial charge in [-0.2, -0.15) is 0 Å². The van der Waals surface area contributed by atoms with Crippen LogP contribution in [-0.2, 0) is 0 Å². The molecule has 2 rings (SSSR count). The summed E-state index contributed by atoms with van der Waals surface area (Å²) in [6.45, 7) is 0. The quantitative estimate of drug-likeness (QED) is 0.793. The molecule has 0 bridgehead atoms. The first-order valence-electron chi connectivity index (χ1n) is 5.75. The highest BCUT2D eigenvalue weighted by atomic mass is 35.5. The van der Waals surface area contributed by atoms with Crippen LogP contribution in [0.25, 0.3) is 0 Å². The zero-order chi connectivity index (χ0) is 14.5. The molecule has 2 aromatic rings. The highest BCUT2D eigenvalue weighted by Crippen LogP contribution is 2.23. The number of halogens is 2. The van der Waals surface area contributed by atoms with Crippen molar-refractivity contribution in [2.45, 2.75) is 0 Å². The lowest BCUT2D eigenvalue weighted by Crippen LogP contribution is -2.19. The fourth-order valence-electron chi connectivity index (χ4n) is 1.62. The van der Waals surface area contributed by atoms with Crippen LogP contribution in [0.15, 0.2) is 42.5 Å². The largest absolute Gasteiger partial charge is 0.497 e. The molecule has 0 heterocycles. The molecule has 0 amide bonds. The Balaban J connectivity index is 2.04. The maximum Gasteiger partial charge on any atom is 0.175 e. The Morgan fingerprint density at radius 1 is 1.00 bits per heavy atom. The van der Waals surface area contributed by atoms with E-state index in [1.165, 1.54) is 0 Å². The van der Waals surface area contributed by atoms with Crippen LogP contribution in [0, 0.1) is 0 Å². The molecule has 2 N–H and O–H groups in total. The minimum absolute atomic E-state index is 0.441. The van der Waals surface area contributed by atoms with E-state index in [4.69, 9.17) is 40.2 Å². The van der Waals surface area contributed by atoms with Crippen molar-refractivity contribution in [2.75, 3.05) is 17.7 Å². The Kier molecular flexibility index (Phi) is 5.06. The van der Waals surface area contributed by atoms with Crippen molar-refractivity contribution in [1.29, 1.82) is 0 Å². The van der Waals surface area contributed by atoms with Crippen LogP contribution in [0.1, 0.15) is 0 Å². The molecule has 104 valence electrons. The van der Waals surface area contributed by atoms with Crippen molar-refractivity contribution in [3.8, 4) is 5.75 Å². The summed E-state index contributed by atoms with van der Waals surface area (Å²) in [5.41, 5.74) is 1.55. The molecule has 0 aliphatic heterocycles. The van der Waals surface area contributed by atoms with Crippen molar-refractivity contribution >= 4 is 51.9 Å². The van der Waals surface area contributed by atoms with E-state index in [-0.39, 0.29) is 0 Å². The van der Waals surface area contributed by atoms with E-state index in [0.717, 1.165) is 17.1 Å². The summed E-state index contributed by atoms with van der Waals surface area (Å²) in [6, 6.07) is 12.6. The Bertz CT molecular complexity index is 614. The molecule has 20 heavy (non-hydrogen) atoms. The molecular formula is C14H12Cl2N2OS. The summed E-state index contributed by atoms with van der Waals surface area (Å²) in [5, 5.41) is 7.61. The molecule has 0 saturated heterocycles. The maximum atomic E-state index is 5.93. The van der Waals surface area contributed by atoms with E-state index in [1.54, 1.807) is 25.3 Å². The van der Waals surface area contributed by atoms with E-state index < -0.39 is 0 Å². The lowest BCUT2D eigenvalue weighted by Gasteiger charge is -2.12. The molecular weight excluding hydrogens is 315 g/mol. The molecule has 0 aromatic heterocycles. The zero-order valence-electron chi connectivity index (χ0n) is 10.6. The van der Waals surface area contributed by atoms with Crippen molar-refractivity contribution in [2.24, 2.45) is 0 Å². The smallest absolute Gasteiger partial charge is 0.175 e. The topological polar surface area (TPSA) is 33.3 Å². The van der Waals surface area contributed by atoms with Gasteiger partial charge in [0.05, 0.1) is 7.11 Å². The molecule has 0 fully saturated rings. The molecule has 0 aliphatic carbocycles. The Morgan fingerprint density at radius 2 is 1.65 bits per heavy atom. The number of hydrogen-bond acceptors (Lipinski definition) is 2. The second-order valence-corrected chi connectivity index (χ2v) is 5.25. The van der Waals surface area contributed by atoms with E-state index in [2.05, 4.69) is 10.6 Å². The van der Waals surface area contributed by atoms with Gasteiger partial charge < -0.3 is 15.4 Å². The first kappa shape index (κ1) is 14.9. The zero-order valence-corrected chi connectivity index (χ0v) is 12.9. The van der Waals surface area contributed by atoms with Crippen LogP contribution >= 0.6 is 35.4 Å².